The Morgan fingerprint density at radius 2 is 2.06 bits per heavy atom. The molecule has 0 aliphatic rings. The number of nitrogens with two attached hydrogens (primary N) is 1. The van der Waals surface area contributed by atoms with Gasteiger partial charge in [-0.15, -0.1) is 0 Å². The van der Waals surface area contributed by atoms with E-state index in [0.29, 0.717) is 17.6 Å². The minimum atomic E-state index is -0.370. The maximum atomic E-state index is 6.13. The highest BCUT2D eigenvalue weighted by atomic mass is 35.5. The Morgan fingerprint density at radius 1 is 1.29 bits per heavy atom. The number of halogens is 1. The highest BCUT2D eigenvalue weighted by Crippen LogP contribution is 2.30. The lowest BCUT2D eigenvalue weighted by Crippen LogP contribution is -2.12. The summed E-state index contributed by atoms with van der Waals surface area (Å²) in [6, 6.07) is 10.7. The second kappa shape index (κ2) is 5.25. The average molecular weight is 252 g/mol. The summed E-state index contributed by atoms with van der Waals surface area (Å²) in [5.41, 5.74) is 7.02. The Bertz CT molecular complexity index is 496. The molecule has 17 heavy (non-hydrogen) atoms. The Morgan fingerprint density at radius 3 is 2.71 bits per heavy atom. The summed E-state index contributed by atoms with van der Waals surface area (Å²) in [5.74, 6) is 1.40. The lowest BCUT2D eigenvalue weighted by Gasteiger charge is -2.14. The van der Waals surface area contributed by atoms with Crippen LogP contribution in [0, 0.1) is 0 Å². The van der Waals surface area contributed by atoms with Crippen molar-refractivity contribution in [1.82, 2.24) is 0 Å². The normalized spacial score (nSPS) is 12.4. The largest absolute Gasteiger partial charge is 0.494 e. The predicted molar refractivity (Wildman–Crippen MR) is 67.4 cm³/mol. The number of rotatable bonds is 4. The van der Waals surface area contributed by atoms with Gasteiger partial charge in [-0.1, -0.05) is 18.2 Å². The molecule has 90 valence electrons. The Hall–Kier alpha value is -1.45. The van der Waals surface area contributed by atoms with Crippen LogP contribution in [-0.4, -0.2) is 6.61 Å². The number of ether oxygens (including phenoxy) is 1. The first-order valence-electron chi connectivity index (χ1n) is 5.45. The molecule has 0 aliphatic carbocycles. The topological polar surface area (TPSA) is 48.4 Å². The van der Waals surface area contributed by atoms with Gasteiger partial charge in [0.15, 0.2) is 5.22 Å². The molecule has 1 heterocycles. The Balaban J connectivity index is 2.33. The minimum absolute atomic E-state index is 0.337. The zero-order valence-corrected chi connectivity index (χ0v) is 10.3. The van der Waals surface area contributed by atoms with Crippen molar-refractivity contribution < 1.29 is 9.15 Å². The second-order valence-electron chi connectivity index (χ2n) is 3.59. The maximum absolute atomic E-state index is 6.13. The van der Waals surface area contributed by atoms with Gasteiger partial charge in [-0.2, -0.15) is 0 Å². The third kappa shape index (κ3) is 2.62. The van der Waals surface area contributed by atoms with Gasteiger partial charge in [0.2, 0.25) is 0 Å². The molecule has 0 saturated heterocycles. The molecule has 0 spiro atoms. The van der Waals surface area contributed by atoms with Crippen molar-refractivity contribution in [3.63, 3.8) is 0 Å². The summed E-state index contributed by atoms with van der Waals surface area (Å²) in [7, 11) is 0. The van der Waals surface area contributed by atoms with Gasteiger partial charge in [-0.3, -0.25) is 0 Å². The van der Waals surface area contributed by atoms with E-state index in [1.54, 1.807) is 12.1 Å². The molecular formula is C13H14ClNO2. The van der Waals surface area contributed by atoms with Crippen LogP contribution in [0.3, 0.4) is 0 Å². The van der Waals surface area contributed by atoms with E-state index in [9.17, 15) is 0 Å². The summed E-state index contributed by atoms with van der Waals surface area (Å²) in [6.45, 7) is 2.54. The maximum Gasteiger partial charge on any atom is 0.193 e. The van der Waals surface area contributed by atoms with Crippen molar-refractivity contribution in [3.8, 4) is 5.75 Å². The van der Waals surface area contributed by atoms with Crippen molar-refractivity contribution in [1.29, 1.82) is 0 Å². The van der Waals surface area contributed by atoms with Crippen molar-refractivity contribution in [3.05, 3.63) is 52.9 Å². The van der Waals surface area contributed by atoms with Gasteiger partial charge in [0.1, 0.15) is 11.5 Å². The van der Waals surface area contributed by atoms with Gasteiger partial charge in [0.25, 0.3) is 0 Å². The molecule has 1 atom stereocenters. The van der Waals surface area contributed by atoms with Crippen LogP contribution in [0.2, 0.25) is 5.22 Å². The van der Waals surface area contributed by atoms with E-state index in [2.05, 4.69) is 0 Å². The van der Waals surface area contributed by atoms with Crippen LogP contribution in [0.1, 0.15) is 24.3 Å². The minimum Gasteiger partial charge on any atom is -0.494 e. The summed E-state index contributed by atoms with van der Waals surface area (Å²) < 4.78 is 10.8. The zero-order valence-electron chi connectivity index (χ0n) is 9.52. The third-order valence-corrected chi connectivity index (χ3v) is 2.66. The molecule has 0 saturated carbocycles. The molecule has 1 aromatic carbocycles. The van der Waals surface area contributed by atoms with Gasteiger partial charge in [0.05, 0.1) is 12.6 Å². The average Bonchev–Trinajstić information content (AvgIpc) is 2.76. The number of benzene rings is 1. The Labute approximate surface area is 105 Å². The van der Waals surface area contributed by atoms with E-state index in [4.69, 9.17) is 26.5 Å². The summed E-state index contributed by atoms with van der Waals surface area (Å²) in [5, 5.41) is 0.337. The molecule has 4 heteroatoms. The van der Waals surface area contributed by atoms with E-state index in [1.165, 1.54) is 0 Å². The first-order chi connectivity index (χ1) is 8.22. The number of para-hydroxylation sites is 1. The van der Waals surface area contributed by atoms with E-state index in [-0.39, 0.29) is 6.04 Å². The molecule has 2 rings (SSSR count). The molecule has 0 amide bonds. The van der Waals surface area contributed by atoms with Crippen LogP contribution < -0.4 is 10.5 Å². The van der Waals surface area contributed by atoms with Gasteiger partial charge in [-0.05, 0) is 36.7 Å². The van der Waals surface area contributed by atoms with Crippen molar-refractivity contribution in [2.24, 2.45) is 5.73 Å². The molecule has 3 nitrogen and oxygen atoms in total. The summed E-state index contributed by atoms with van der Waals surface area (Å²) >= 11 is 5.74. The van der Waals surface area contributed by atoms with Crippen LogP contribution in [-0.2, 0) is 0 Å². The molecule has 0 aliphatic heterocycles. The van der Waals surface area contributed by atoms with E-state index >= 15 is 0 Å². The molecule has 1 unspecified atom stereocenters. The zero-order chi connectivity index (χ0) is 12.3. The van der Waals surface area contributed by atoms with Crippen LogP contribution in [0.25, 0.3) is 0 Å². The van der Waals surface area contributed by atoms with Gasteiger partial charge in [-0.25, -0.2) is 0 Å². The molecule has 1 aromatic heterocycles. The molecular weight excluding hydrogens is 238 g/mol. The SMILES string of the molecule is CCOc1ccccc1C(N)c1ccc(Cl)o1. The van der Waals surface area contributed by atoms with Crippen molar-refractivity contribution >= 4 is 11.6 Å². The van der Waals surface area contributed by atoms with Gasteiger partial charge >= 0.3 is 0 Å². The summed E-state index contributed by atoms with van der Waals surface area (Å²) in [6.07, 6.45) is 0. The highest BCUT2D eigenvalue weighted by Gasteiger charge is 2.16. The van der Waals surface area contributed by atoms with Gasteiger partial charge < -0.3 is 14.9 Å². The van der Waals surface area contributed by atoms with Crippen LogP contribution in [0.4, 0.5) is 0 Å². The van der Waals surface area contributed by atoms with Gasteiger partial charge in [0, 0.05) is 5.56 Å². The highest BCUT2D eigenvalue weighted by molar-refractivity contribution is 6.28. The number of furan rings is 1. The first kappa shape index (κ1) is 12.0. The smallest absolute Gasteiger partial charge is 0.193 e. The molecule has 2 N–H and O–H groups in total. The second-order valence-corrected chi connectivity index (χ2v) is 3.96. The summed E-state index contributed by atoms with van der Waals surface area (Å²) in [4.78, 5) is 0. The standard InChI is InChI=1S/C13H14ClNO2/c1-2-16-10-6-4-3-5-9(10)13(15)11-7-8-12(14)17-11/h3-8,13H,2,15H2,1H3. The van der Waals surface area contributed by atoms with E-state index in [0.717, 1.165) is 11.3 Å². The van der Waals surface area contributed by atoms with Crippen LogP contribution in [0.5, 0.6) is 5.75 Å². The van der Waals surface area contributed by atoms with E-state index in [1.807, 2.05) is 31.2 Å². The lowest BCUT2D eigenvalue weighted by atomic mass is 10.0. The third-order valence-electron chi connectivity index (χ3n) is 2.45. The monoisotopic (exact) mass is 251 g/mol. The van der Waals surface area contributed by atoms with Crippen LogP contribution >= 0.6 is 11.6 Å². The first-order valence-corrected chi connectivity index (χ1v) is 5.82. The number of hydrogen-bond donors (Lipinski definition) is 1. The van der Waals surface area contributed by atoms with Crippen LogP contribution in [0.15, 0.2) is 40.8 Å². The predicted octanol–water partition coefficient (Wildman–Crippen LogP) is 3.38. The molecule has 0 bridgehead atoms. The van der Waals surface area contributed by atoms with Crippen molar-refractivity contribution in [2.75, 3.05) is 6.61 Å². The quantitative estimate of drug-likeness (QED) is 0.906. The van der Waals surface area contributed by atoms with Crippen molar-refractivity contribution in [2.45, 2.75) is 13.0 Å². The molecule has 0 fully saturated rings. The number of hydrogen-bond acceptors (Lipinski definition) is 3. The fraction of sp³-hybridized carbons (Fsp3) is 0.231. The fourth-order valence-electron chi connectivity index (χ4n) is 1.67. The molecule has 0 radical (unpaired) electrons. The fourth-order valence-corrected chi connectivity index (χ4v) is 1.83. The molecule has 2 aromatic rings. The van der Waals surface area contributed by atoms with E-state index < -0.39 is 0 Å². The lowest BCUT2D eigenvalue weighted by molar-refractivity contribution is 0.333. The Kier molecular flexibility index (Phi) is 3.71.